The van der Waals surface area contributed by atoms with Crippen molar-refractivity contribution in [2.45, 2.75) is 115 Å². The number of benzene rings is 2. The number of amides is 1. The van der Waals surface area contributed by atoms with Gasteiger partial charge in [-0.05, 0) is 87.2 Å². The Bertz CT molecular complexity index is 1060. The Morgan fingerprint density at radius 2 is 1.38 bits per heavy atom. The number of nitro groups is 1. The molecule has 2 aromatic carbocycles. The first-order valence-corrected chi connectivity index (χ1v) is 15.8. The summed E-state index contributed by atoms with van der Waals surface area (Å²) in [6.07, 6.45) is 13.0. The van der Waals surface area contributed by atoms with Gasteiger partial charge in [0, 0.05) is 29.8 Å². The van der Waals surface area contributed by atoms with E-state index in [0.717, 1.165) is 16.7 Å². The SMILES string of the molecule is CC(C)N(C(=O)c1cc(-c2cccc([N+](=O)[O-])c2)ccc1P(C1CCCCC1)C1CCCCC1)C(C)C. The fraction of sp³-hybridized carbons (Fsp3) is 0.581. The van der Waals surface area contributed by atoms with E-state index >= 15 is 0 Å². The highest BCUT2D eigenvalue weighted by Crippen LogP contribution is 2.55. The third-order valence-corrected chi connectivity index (χ3v) is 11.7. The summed E-state index contributed by atoms with van der Waals surface area (Å²) in [7, 11) is -0.462. The van der Waals surface area contributed by atoms with Gasteiger partial charge in [-0.1, -0.05) is 70.7 Å². The molecule has 0 heterocycles. The van der Waals surface area contributed by atoms with E-state index in [-0.39, 0.29) is 28.6 Å². The number of hydrogen-bond donors (Lipinski definition) is 0. The topological polar surface area (TPSA) is 63.5 Å². The monoisotopic (exact) mass is 522 g/mol. The molecule has 6 heteroatoms. The van der Waals surface area contributed by atoms with Gasteiger partial charge in [0.05, 0.1) is 4.92 Å². The molecule has 0 radical (unpaired) electrons. The lowest BCUT2D eigenvalue weighted by atomic mass is 9.99. The van der Waals surface area contributed by atoms with Crippen molar-refractivity contribution in [1.29, 1.82) is 0 Å². The Balaban J connectivity index is 1.86. The first kappa shape index (κ1) is 27.8. The van der Waals surface area contributed by atoms with Crippen LogP contribution in [0.5, 0.6) is 0 Å². The quantitative estimate of drug-likeness (QED) is 0.199. The van der Waals surface area contributed by atoms with Gasteiger partial charge < -0.3 is 4.90 Å². The third-order valence-electron chi connectivity index (χ3n) is 8.18. The molecule has 0 aliphatic heterocycles. The maximum atomic E-state index is 14.3. The largest absolute Gasteiger partial charge is 0.334 e. The first-order chi connectivity index (χ1) is 17.8. The number of nitro benzene ring substituents is 1. The highest BCUT2D eigenvalue weighted by atomic mass is 31.1. The van der Waals surface area contributed by atoms with Crippen molar-refractivity contribution in [3.8, 4) is 11.1 Å². The van der Waals surface area contributed by atoms with Crippen LogP contribution in [0.1, 0.15) is 102 Å². The molecular weight excluding hydrogens is 479 g/mol. The molecule has 2 fully saturated rings. The van der Waals surface area contributed by atoms with Crippen LogP contribution in [0.25, 0.3) is 11.1 Å². The van der Waals surface area contributed by atoms with E-state index in [1.54, 1.807) is 12.1 Å². The molecule has 200 valence electrons. The van der Waals surface area contributed by atoms with E-state index in [1.807, 2.05) is 11.0 Å². The van der Waals surface area contributed by atoms with Crippen LogP contribution in [0, 0.1) is 10.1 Å². The molecular formula is C31H43N2O3P. The van der Waals surface area contributed by atoms with E-state index in [4.69, 9.17) is 0 Å². The molecule has 0 atom stereocenters. The second-order valence-electron chi connectivity index (χ2n) is 11.4. The lowest BCUT2D eigenvalue weighted by molar-refractivity contribution is -0.384. The normalized spacial score (nSPS) is 17.5. The van der Waals surface area contributed by atoms with Crippen LogP contribution in [0.2, 0.25) is 0 Å². The molecule has 0 spiro atoms. The molecule has 0 N–H and O–H groups in total. The van der Waals surface area contributed by atoms with Crippen molar-refractivity contribution in [3.05, 3.63) is 58.1 Å². The summed E-state index contributed by atoms with van der Waals surface area (Å²) >= 11 is 0. The lowest BCUT2D eigenvalue weighted by Crippen LogP contribution is -2.44. The van der Waals surface area contributed by atoms with Crippen LogP contribution in [-0.2, 0) is 0 Å². The number of carbonyl (C=O) groups excluding carboxylic acids is 1. The van der Waals surface area contributed by atoms with Crippen LogP contribution >= 0.6 is 7.92 Å². The maximum absolute atomic E-state index is 14.3. The van der Waals surface area contributed by atoms with Gasteiger partial charge in [-0.25, -0.2) is 0 Å². The molecule has 2 saturated carbocycles. The Morgan fingerprint density at radius 1 is 0.838 bits per heavy atom. The summed E-state index contributed by atoms with van der Waals surface area (Å²) in [5.74, 6) is 0.103. The summed E-state index contributed by atoms with van der Waals surface area (Å²) in [5, 5.41) is 12.7. The smallest absolute Gasteiger partial charge is 0.270 e. The number of carbonyl (C=O) groups is 1. The molecule has 2 aromatic rings. The van der Waals surface area contributed by atoms with E-state index in [9.17, 15) is 14.9 Å². The molecule has 5 nitrogen and oxygen atoms in total. The molecule has 2 aliphatic rings. The molecule has 0 unspecified atom stereocenters. The van der Waals surface area contributed by atoms with Gasteiger partial charge in [-0.15, -0.1) is 0 Å². The molecule has 4 rings (SSSR count). The Labute approximate surface area is 223 Å². The number of rotatable bonds is 8. The van der Waals surface area contributed by atoms with E-state index in [1.165, 1.54) is 75.6 Å². The zero-order valence-corrected chi connectivity index (χ0v) is 23.9. The zero-order valence-electron chi connectivity index (χ0n) is 23.0. The summed E-state index contributed by atoms with van der Waals surface area (Å²) in [4.78, 5) is 27.4. The van der Waals surface area contributed by atoms with Gasteiger partial charge in [-0.3, -0.25) is 14.9 Å². The molecule has 2 aliphatic carbocycles. The fourth-order valence-corrected chi connectivity index (χ4v) is 10.4. The molecule has 1 amide bonds. The average molecular weight is 523 g/mol. The van der Waals surface area contributed by atoms with Gasteiger partial charge in [0.15, 0.2) is 0 Å². The van der Waals surface area contributed by atoms with Crippen molar-refractivity contribution >= 4 is 24.8 Å². The van der Waals surface area contributed by atoms with E-state index in [2.05, 4.69) is 45.9 Å². The molecule has 0 saturated heterocycles. The maximum Gasteiger partial charge on any atom is 0.270 e. The van der Waals surface area contributed by atoms with Crippen LogP contribution < -0.4 is 5.30 Å². The van der Waals surface area contributed by atoms with Gasteiger partial charge in [0.25, 0.3) is 11.6 Å². The van der Waals surface area contributed by atoms with Crippen molar-refractivity contribution in [1.82, 2.24) is 4.90 Å². The Kier molecular flexibility index (Phi) is 9.40. The minimum Gasteiger partial charge on any atom is -0.334 e. The van der Waals surface area contributed by atoms with Crippen LogP contribution in [0.4, 0.5) is 5.69 Å². The first-order valence-electron chi connectivity index (χ1n) is 14.3. The molecule has 0 aromatic heterocycles. The third kappa shape index (κ3) is 6.42. The van der Waals surface area contributed by atoms with E-state index in [0.29, 0.717) is 11.3 Å². The number of nitrogens with zero attached hydrogens (tertiary/aromatic N) is 2. The molecule has 37 heavy (non-hydrogen) atoms. The minimum atomic E-state index is -0.462. The average Bonchev–Trinajstić information content (AvgIpc) is 2.90. The molecule has 0 bridgehead atoms. The Hall–Kier alpha value is -2.26. The Morgan fingerprint density at radius 3 is 1.89 bits per heavy atom. The van der Waals surface area contributed by atoms with Crippen molar-refractivity contribution in [3.63, 3.8) is 0 Å². The predicted octanol–water partition coefficient (Wildman–Crippen LogP) is 8.29. The van der Waals surface area contributed by atoms with Crippen molar-refractivity contribution in [2.24, 2.45) is 0 Å². The summed E-state index contributed by atoms with van der Waals surface area (Å²) in [6.45, 7) is 8.36. The van der Waals surface area contributed by atoms with Gasteiger partial charge in [-0.2, -0.15) is 0 Å². The standard InChI is InChI=1S/C31H43N2O3P/c1-22(2)32(23(3)4)31(34)29-21-25(24-12-11-13-26(20-24)33(35)36)18-19-30(29)37(27-14-7-5-8-15-27)28-16-9-6-10-17-28/h11-13,18-23,27-28H,5-10,14-17H2,1-4H3. The summed E-state index contributed by atoms with van der Waals surface area (Å²) in [6, 6.07) is 13.4. The van der Waals surface area contributed by atoms with E-state index < -0.39 is 7.92 Å². The van der Waals surface area contributed by atoms with Gasteiger partial charge in [0.2, 0.25) is 0 Å². The van der Waals surface area contributed by atoms with Crippen LogP contribution in [-0.4, -0.2) is 39.1 Å². The zero-order chi connectivity index (χ0) is 26.5. The van der Waals surface area contributed by atoms with Crippen molar-refractivity contribution in [2.75, 3.05) is 0 Å². The van der Waals surface area contributed by atoms with Crippen molar-refractivity contribution < 1.29 is 9.72 Å². The highest BCUT2D eigenvalue weighted by molar-refractivity contribution is 7.67. The number of non-ortho nitro benzene ring substituents is 1. The fourth-order valence-electron chi connectivity index (χ4n) is 6.53. The summed E-state index contributed by atoms with van der Waals surface area (Å²) < 4.78 is 0. The number of hydrogen-bond acceptors (Lipinski definition) is 3. The minimum absolute atomic E-state index is 0.0760. The second-order valence-corrected chi connectivity index (χ2v) is 14.2. The second kappa shape index (κ2) is 12.5. The van der Waals surface area contributed by atoms with Crippen LogP contribution in [0.15, 0.2) is 42.5 Å². The predicted molar refractivity (Wildman–Crippen MR) is 155 cm³/mol. The highest BCUT2D eigenvalue weighted by Gasteiger charge is 2.36. The van der Waals surface area contributed by atoms with Gasteiger partial charge >= 0.3 is 0 Å². The van der Waals surface area contributed by atoms with Gasteiger partial charge in [0.1, 0.15) is 0 Å². The lowest BCUT2D eigenvalue weighted by Gasteiger charge is -2.40. The summed E-state index contributed by atoms with van der Waals surface area (Å²) in [5.41, 5.74) is 3.95. The van der Waals surface area contributed by atoms with Crippen LogP contribution in [0.3, 0.4) is 0 Å².